The van der Waals surface area contributed by atoms with E-state index in [1.807, 2.05) is 19.3 Å². The lowest BCUT2D eigenvalue weighted by molar-refractivity contribution is 0.102. The van der Waals surface area contributed by atoms with Gasteiger partial charge in [-0.15, -0.1) is 0 Å². The number of hydrogen-bond acceptors (Lipinski definition) is 6. The van der Waals surface area contributed by atoms with Crippen molar-refractivity contribution in [3.8, 4) is 28.3 Å². The summed E-state index contributed by atoms with van der Waals surface area (Å²) in [5.41, 5.74) is 3.74. The van der Waals surface area contributed by atoms with Crippen LogP contribution in [0.3, 0.4) is 0 Å². The molecule has 1 amide bonds. The molecule has 0 saturated carbocycles. The van der Waals surface area contributed by atoms with E-state index >= 15 is 0 Å². The van der Waals surface area contributed by atoms with E-state index in [9.17, 15) is 9.18 Å². The average Bonchev–Trinajstić information content (AvgIpc) is 3.41. The molecule has 5 aromatic rings. The summed E-state index contributed by atoms with van der Waals surface area (Å²) in [6.45, 7) is 0. The van der Waals surface area contributed by atoms with Crippen LogP contribution in [0.25, 0.3) is 28.2 Å². The third kappa shape index (κ3) is 3.89. The van der Waals surface area contributed by atoms with E-state index in [2.05, 4.69) is 25.5 Å². The number of ether oxygens (including phenoxy) is 1. The van der Waals surface area contributed by atoms with Gasteiger partial charge >= 0.3 is 0 Å². The Kier molecular flexibility index (Phi) is 5.02. The van der Waals surface area contributed by atoms with E-state index in [-0.39, 0.29) is 5.82 Å². The number of nitrogens with zero attached hydrogens (tertiary/aromatic N) is 6. The summed E-state index contributed by atoms with van der Waals surface area (Å²) in [5, 5.41) is 11.9. The highest BCUT2D eigenvalue weighted by Gasteiger charge is 2.17. The van der Waals surface area contributed by atoms with Crippen LogP contribution in [-0.2, 0) is 7.05 Å². The fourth-order valence-electron chi connectivity index (χ4n) is 3.50. The average molecular weight is 443 g/mol. The molecule has 0 unspecified atom stereocenters. The number of amides is 1. The molecule has 10 heteroatoms. The minimum absolute atomic E-state index is 0.296. The lowest BCUT2D eigenvalue weighted by Crippen LogP contribution is -2.13. The van der Waals surface area contributed by atoms with Gasteiger partial charge in [0.25, 0.3) is 5.91 Å². The lowest BCUT2D eigenvalue weighted by Gasteiger charge is -2.06. The zero-order chi connectivity index (χ0) is 22.9. The molecule has 0 bridgehead atoms. The maximum Gasteiger partial charge on any atom is 0.262 e. The number of aryl methyl sites for hydroxylation is 1. The molecule has 0 aliphatic heterocycles. The number of hydrogen-bond donors (Lipinski definition) is 1. The van der Waals surface area contributed by atoms with Crippen molar-refractivity contribution >= 4 is 17.4 Å². The fraction of sp³-hybridized carbons (Fsp3) is 0.0870. The van der Waals surface area contributed by atoms with Crippen LogP contribution in [0, 0.1) is 5.82 Å². The van der Waals surface area contributed by atoms with Crippen molar-refractivity contribution in [3.05, 3.63) is 78.6 Å². The Morgan fingerprint density at radius 3 is 2.67 bits per heavy atom. The Hall–Kier alpha value is -4.60. The van der Waals surface area contributed by atoms with Gasteiger partial charge in [0.15, 0.2) is 11.5 Å². The van der Waals surface area contributed by atoms with Crippen molar-refractivity contribution in [2.45, 2.75) is 0 Å². The first-order valence-corrected chi connectivity index (χ1v) is 9.97. The van der Waals surface area contributed by atoms with E-state index < -0.39 is 5.91 Å². The fourth-order valence-corrected chi connectivity index (χ4v) is 3.50. The minimum atomic E-state index is -0.394. The van der Waals surface area contributed by atoms with Crippen LogP contribution in [0.1, 0.15) is 10.4 Å². The highest BCUT2D eigenvalue weighted by molar-refractivity contribution is 6.05. The first-order chi connectivity index (χ1) is 16.0. The second-order valence-corrected chi connectivity index (χ2v) is 7.25. The number of benzene rings is 1. The van der Waals surface area contributed by atoms with Crippen molar-refractivity contribution < 1.29 is 13.9 Å². The van der Waals surface area contributed by atoms with Gasteiger partial charge in [0, 0.05) is 36.8 Å². The molecule has 0 fully saturated rings. The highest BCUT2D eigenvalue weighted by Crippen LogP contribution is 2.30. The molecule has 0 saturated heterocycles. The van der Waals surface area contributed by atoms with Crippen molar-refractivity contribution in [1.29, 1.82) is 0 Å². The molecule has 5 rings (SSSR count). The molecule has 1 N–H and O–H groups in total. The molecule has 4 heterocycles. The first-order valence-electron chi connectivity index (χ1n) is 9.97. The summed E-state index contributed by atoms with van der Waals surface area (Å²) >= 11 is 0. The van der Waals surface area contributed by atoms with E-state index in [4.69, 9.17) is 4.74 Å². The standard InChI is InChI=1S/C23H18FN7O2/c1-30-12-17(22(29-30)14-3-5-15(24)6-4-14)18-7-8-21-26-20(13-31(21)28-18)27-23(32)16-11-25-10-9-19(16)33-2/h3-13H,1-2H3,(H,27,32). The molecular formula is C23H18FN7O2. The highest BCUT2D eigenvalue weighted by atomic mass is 19.1. The number of anilines is 1. The van der Waals surface area contributed by atoms with Gasteiger partial charge < -0.3 is 10.1 Å². The van der Waals surface area contributed by atoms with Crippen LogP contribution in [-0.4, -0.2) is 42.4 Å². The molecular weight excluding hydrogens is 425 g/mol. The molecule has 33 heavy (non-hydrogen) atoms. The summed E-state index contributed by atoms with van der Waals surface area (Å²) in [6.07, 6.45) is 6.44. The number of methoxy groups -OCH3 is 1. The number of rotatable bonds is 5. The Balaban J connectivity index is 1.47. The second-order valence-electron chi connectivity index (χ2n) is 7.25. The Morgan fingerprint density at radius 2 is 1.88 bits per heavy atom. The van der Waals surface area contributed by atoms with Crippen LogP contribution < -0.4 is 10.1 Å². The Bertz CT molecular complexity index is 1470. The van der Waals surface area contributed by atoms with Gasteiger partial charge in [-0.25, -0.2) is 13.9 Å². The Labute approximate surface area is 187 Å². The van der Waals surface area contributed by atoms with Crippen LogP contribution in [0.4, 0.5) is 10.2 Å². The van der Waals surface area contributed by atoms with E-state index in [1.54, 1.807) is 45.9 Å². The van der Waals surface area contributed by atoms with Gasteiger partial charge in [-0.3, -0.25) is 14.5 Å². The number of carbonyl (C=O) groups excluding carboxylic acids is 1. The monoisotopic (exact) mass is 443 g/mol. The van der Waals surface area contributed by atoms with Gasteiger partial charge in [0.1, 0.15) is 17.3 Å². The quantitative estimate of drug-likeness (QED) is 0.446. The topological polar surface area (TPSA) is 99.2 Å². The molecule has 0 radical (unpaired) electrons. The van der Waals surface area contributed by atoms with Gasteiger partial charge in [0.05, 0.1) is 24.6 Å². The van der Waals surface area contributed by atoms with Crippen molar-refractivity contribution in [2.75, 3.05) is 12.4 Å². The number of halogens is 1. The minimum Gasteiger partial charge on any atom is -0.496 e. The predicted octanol–water partition coefficient (Wildman–Crippen LogP) is 3.59. The molecule has 164 valence electrons. The maximum absolute atomic E-state index is 13.4. The Morgan fingerprint density at radius 1 is 1.06 bits per heavy atom. The van der Waals surface area contributed by atoms with Crippen LogP contribution in [0.5, 0.6) is 5.75 Å². The van der Waals surface area contributed by atoms with E-state index in [0.717, 1.165) is 11.1 Å². The SMILES string of the molecule is COc1ccncc1C(=O)Nc1cn2nc(-c3cn(C)nc3-c3ccc(F)cc3)ccc2n1. The molecule has 0 atom stereocenters. The normalized spacial score (nSPS) is 11.0. The zero-order valence-corrected chi connectivity index (χ0v) is 17.7. The maximum atomic E-state index is 13.4. The van der Waals surface area contributed by atoms with Gasteiger partial charge in [0.2, 0.25) is 0 Å². The molecule has 0 aliphatic rings. The number of pyridine rings is 1. The third-order valence-corrected chi connectivity index (χ3v) is 5.03. The van der Waals surface area contributed by atoms with E-state index in [1.165, 1.54) is 25.4 Å². The lowest BCUT2D eigenvalue weighted by atomic mass is 10.1. The smallest absolute Gasteiger partial charge is 0.262 e. The van der Waals surface area contributed by atoms with Crippen molar-refractivity contribution in [1.82, 2.24) is 29.4 Å². The number of imidazole rings is 1. The van der Waals surface area contributed by atoms with Gasteiger partial charge in [-0.2, -0.15) is 10.2 Å². The summed E-state index contributed by atoms with van der Waals surface area (Å²) in [5.74, 6) is 0.0409. The molecule has 1 aromatic carbocycles. The molecule has 0 spiro atoms. The summed E-state index contributed by atoms with van der Waals surface area (Å²) in [4.78, 5) is 21.0. The number of nitrogens with one attached hydrogen (secondary N) is 1. The van der Waals surface area contributed by atoms with Gasteiger partial charge in [-0.05, 0) is 42.5 Å². The third-order valence-electron chi connectivity index (χ3n) is 5.03. The summed E-state index contributed by atoms with van der Waals surface area (Å²) in [6, 6.07) is 11.4. The number of aromatic nitrogens is 6. The van der Waals surface area contributed by atoms with Crippen LogP contribution >= 0.6 is 0 Å². The summed E-state index contributed by atoms with van der Waals surface area (Å²) in [7, 11) is 3.30. The number of carbonyl (C=O) groups is 1. The van der Waals surface area contributed by atoms with Gasteiger partial charge in [-0.1, -0.05) is 0 Å². The predicted molar refractivity (Wildman–Crippen MR) is 119 cm³/mol. The summed E-state index contributed by atoms with van der Waals surface area (Å²) < 4.78 is 21.8. The molecule has 4 aromatic heterocycles. The number of fused-ring (bicyclic) bond motifs is 1. The second kappa shape index (κ2) is 8.15. The first kappa shape index (κ1) is 20.3. The molecule has 0 aliphatic carbocycles. The molecule has 9 nitrogen and oxygen atoms in total. The van der Waals surface area contributed by atoms with Crippen LogP contribution in [0.15, 0.2) is 67.3 Å². The zero-order valence-electron chi connectivity index (χ0n) is 17.7. The van der Waals surface area contributed by atoms with E-state index in [0.29, 0.717) is 34.2 Å². The van der Waals surface area contributed by atoms with Crippen molar-refractivity contribution in [2.24, 2.45) is 7.05 Å². The van der Waals surface area contributed by atoms with Crippen LogP contribution in [0.2, 0.25) is 0 Å². The van der Waals surface area contributed by atoms with Crippen molar-refractivity contribution in [3.63, 3.8) is 0 Å². The largest absolute Gasteiger partial charge is 0.496 e.